The van der Waals surface area contributed by atoms with E-state index in [1.54, 1.807) is 0 Å². The van der Waals surface area contributed by atoms with Crippen LogP contribution in [0.15, 0.2) is 146 Å². The number of halogens is 1. The van der Waals surface area contributed by atoms with Crippen LogP contribution in [0.3, 0.4) is 0 Å². The van der Waals surface area contributed by atoms with E-state index in [4.69, 9.17) is 4.52 Å². The van der Waals surface area contributed by atoms with Gasteiger partial charge in [0.2, 0.25) is 0 Å². The summed E-state index contributed by atoms with van der Waals surface area (Å²) in [6, 6.07) is 52.1. The molecule has 6 aromatic carbocycles. The molecule has 1 nitrogen and oxygen atoms in total. The van der Waals surface area contributed by atoms with Crippen LogP contribution in [0.4, 0.5) is 4.20 Å². The normalized spacial score (nSPS) is 12.7. The summed E-state index contributed by atoms with van der Waals surface area (Å²) in [5.41, 5.74) is 11.8. The van der Waals surface area contributed by atoms with Crippen LogP contribution in [0.25, 0.3) is 0 Å². The van der Waals surface area contributed by atoms with E-state index in [1.807, 2.05) is 6.07 Å². The summed E-state index contributed by atoms with van der Waals surface area (Å²) in [7, 11) is -1.18. The molecule has 53 heavy (non-hydrogen) atoms. The molecule has 0 heterocycles. The molecule has 0 bridgehead atoms. The minimum absolute atomic E-state index is 0.261. The van der Waals surface area contributed by atoms with Crippen LogP contribution < -0.4 is 4.52 Å². The second-order valence-electron chi connectivity index (χ2n) is 16.6. The quantitative estimate of drug-likeness (QED) is 0.114. The summed E-state index contributed by atoms with van der Waals surface area (Å²) in [4.78, 5) is 0. The van der Waals surface area contributed by atoms with Crippen molar-refractivity contribution in [2.24, 2.45) is 0 Å². The Hall–Kier alpha value is -4.52. The van der Waals surface area contributed by atoms with Crippen LogP contribution in [0.5, 0.6) is 5.75 Å². The summed E-state index contributed by atoms with van der Waals surface area (Å²) >= 11 is 0. The highest BCUT2D eigenvalue weighted by Crippen LogP contribution is 2.47. The van der Waals surface area contributed by atoms with Gasteiger partial charge in [-0.1, -0.05) is 201 Å². The van der Waals surface area contributed by atoms with Gasteiger partial charge < -0.3 is 4.52 Å². The van der Waals surface area contributed by atoms with Gasteiger partial charge in [0.1, 0.15) is 5.75 Å². The maximum Gasteiger partial charge on any atom is 0.261 e. The number of benzene rings is 6. The zero-order valence-electron chi connectivity index (χ0n) is 32.8. The van der Waals surface area contributed by atoms with E-state index in [9.17, 15) is 4.20 Å². The van der Waals surface area contributed by atoms with Gasteiger partial charge in [-0.05, 0) is 62.6 Å². The zero-order chi connectivity index (χ0) is 38.0. The van der Waals surface area contributed by atoms with Gasteiger partial charge in [-0.15, -0.1) is 0 Å². The van der Waals surface area contributed by atoms with Gasteiger partial charge in [0.25, 0.3) is 9.12 Å². The predicted octanol–water partition coefficient (Wildman–Crippen LogP) is 13.7. The first-order chi connectivity index (χ1) is 25.2. The molecule has 1 unspecified atom stereocenters. The molecule has 0 saturated heterocycles. The lowest BCUT2D eigenvalue weighted by atomic mass is 9.70. The maximum absolute atomic E-state index is 14.7. The van der Waals surface area contributed by atoms with Crippen LogP contribution in [0.2, 0.25) is 0 Å². The van der Waals surface area contributed by atoms with Crippen molar-refractivity contribution in [2.45, 2.75) is 90.4 Å². The lowest BCUT2D eigenvalue weighted by molar-refractivity contribution is 0.536. The number of hydrogen-bond acceptors (Lipinski definition) is 1. The van der Waals surface area contributed by atoms with Gasteiger partial charge >= 0.3 is 0 Å². The van der Waals surface area contributed by atoms with Crippen LogP contribution in [-0.4, -0.2) is 0 Å². The molecule has 0 amide bonds. The molecule has 0 aromatic heterocycles. The first-order valence-electron chi connectivity index (χ1n) is 18.8. The molecule has 6 rings (SSSR count). The Morgan fingerprint density at radius 2 is 0.774 bits per heavy atom. The summed E-state index contributed by atoms with van der Waals surface area (Å²) in [6.07, 6.45) is 0.596. The molecule has 1 atom stereocenters. The molecule has 0 aliphatic heterocycles. The van der Waals surface area contributed by atoms with E-state index in [-0.39, 0.29) is 16.2 Å². The third kappa shape index (κ3) is 7.49. The van der Waals surface area contributed by atoms with E-state index in [2.05, 4.69) is 202 Å². The van der Waals surface area contributed by atoms with Crippen molar-refractivity contribution < 1.29 is 8.72 Å². The largest absolute Gasteiger partial charge is 0.445 e. The molecule has 0 fully saturated rings. The van der Waals surface area contributed by atoms with Gasteiger partial charge in [0, 0.05) is 33.6 Å². The topological polar surface area (TPSA) is 9.23 Å². The summed E-state index contributed by atoms with van der Waals surface area (Å²) in [5.74, 6) is 0.642. The van der Waals surface area contributed by atoms with E-state index < -0.39 is 14.5 Å². The Labute approximate surface area is 319 Å². The average molecular weight is 721 g/mol. The fourth-order valence-corrected chi connectivity index (χ4v) is 8.36. The van der Waals surface area contributed by atoms with E-state index >= 15 is 0 Å². The highest BCUT2D eigenvalue weighted by Gasteiger charge is 2.34. The van der Waals surface area contributed by atoms with E-state index in [0.717, 1.165) is 16.7 Å². The molecular formula is C50H54FOP. The lowest BCUT2D eigenvalue weighted by Gasteiger charge is -2.35. The molecule has 0 aliphatic carbocycles. The van der Waals surface area contributed by atoms with Crippen molar-refractivity contribution in [1.29, 1.82) is 0 Å². The number of rotatable bonds is 12. The standard InChI is InChI=1S/C50H54FOP/c1-35-36(31-42(47(2,3)38-22-14-10-15-23-38)33-44(35)49(6,7)40-26-18-12-19-27-40)30-37-32-43(48(4,5)39-24-16-11-17-25-39)34-45(46(37)52-53-51)50(8,9)41-28-20-13-21-29-41/h10-29,31-34,53H,30H2,1-9H3. The second-order valence-corrected chi connectivity index (χ2v) is 17.0. The Balaban J connectivity index is 1.63. The molecule has 0 aliphatic rings. The maximum atomic E-state index is 14.7. The Kier molecular flexibility index (Phi) is 10.9. The number of hydrogen-bond donors (Lipinski definition) is 0. The Morgan fingerprint density at radius 3 is 1.17 bits per heavy atom. The third-order valence-electron chi connectivity index (χ3n) is 12.0. The molecule has 272 valence electrons. The second kappa shape index (κ2) is 15.1. The minimum atomic E-state index is -1.18. The van der Waals surface area contributed by atoms with Crippen molar-refractivity contribution in [1.82, 2.24) is 0 Å². The lowest BCUT2D eigenvalue weighted by Crippen LogP contribution is -2.25. The average Bonchev–Trinajstić information content (AvgIpc) is 3.17. The Morgan fingerprint density at radius 1 is 0.434 bits per heavy atom. The van der Waals surface area contributed by atoms with Gasteiger partial charge in [-0.3, -0.25) is 0 Å². The molecular weight excluding hydrogens is 667 g/mol. The van der Waals surface area contributed by atoms with Crippen LogP contribution in [-0.2, 0) is 28.1 Å². The first kappa shape index (κ1) is 38.2. The van der Waals surface area contributed by atoms with Crippen molar-refractivity contribution in [3.63, 3.8) is 0 Å². The zero-order valence-corrected chi connectivity index (χ0v) is 33.8. The van der Waals surface area contributed by atoms with Crippen LogP contribution >= 0.6 is 9.12 Å². The fourth-order valence-electron chi connectivity index (χ4n) is 8.04. The van der Waals surface area contributed by atoms with Crippen LogP contribution in [0, 0.1) is 6.92 Å². The fraction of sp³-hybridized carbons (Fsp3) is 0.280. The molecule has 0 N–H and O–H groups in total. The summed E-state index contributed by atoms with van der Waals surface area (Å²) in [5, 5.41) is 0. The minimum Gasteiger partial charge on any atom is -0.445 e. The van der Waals surface area contributed by atoms with Gasteiger partial charge in [-0.25, -0.2) is 0 Å². The Bertz CT molecular complexity index is 2150. The van der Waals surface area contributed by atoms with Crippen molar-refractivity contribution in [3.8, 4) is 5.75 Å². The molecule has 0 radical (unpaired) electrons. The molecule has 3 heteroatoms. The molecule has 0 saturated carbocycles. The van der Waals surface area contributed by atoms with Crippen LogP contribution in [0.1, 0.15) is 117 Å². The third-order valence-corrected chi connectivity index (χ3v) is 12.3. The van der Waals surface area contributed by atoms with Crippen molar-refractivity contribution in [2.75, 3.05) is 0 Å². The smallest absolute Gasteiger partial charge is 0.261 e. The molecule has 6 aromatic rings. The highest BCUT2D eigenvalue weighted by molar-refractivity contribution is 7.26. The van der Waals surface area contributed by atoms with E-state index in [0.29, 0.717) is 12.2 Å². The summed E-state index contributed by atoms with van der Waals surface area (Å²) in [6.45, 7) is 20.6. The van der Waals surface area contributed by atoms with Gasteiger partial charge in [0.15, 0.2) is 0 Å². The van der Waals surface area contributed by atoms with Gasteiger partial charge in [0.05, 0.1) is 0 Å². The van der Waals surface area contributed by atoms with E-state index in [1.165, 1.54) is 44.5 Å². The SMILES string of the molecule is Cc1c(Cc2cc(C(C)(C)c3ccccc3)cc(C(C)(C)c3ccccc3)c2OPF)cc(C(C)(C)c2ccccc2)cc1C(C)(C)c1ccccc1. The highest BCUT2D eigenvalue weighted by atomic mass is 31.1. The first-order valence-corrected chi connectivity index (χ1v) is 19.5. The molecule has 0 spiro atoms. The van der Waals surface area contributed by atoms with Crippen molar-refractivity contribution in [3.05, 3.63) is 207 Å². The van der Waals surface area contributed by atoms with Gasteiger partial charge in [-0.2, -0.15) is 4.20 Å². The summed E-state index contributed by atoms with van der Waals surface area (Å²) < 4.78 is 20.8. The monoisotopic (exact) mass is 720 g/mol. The van der Waals surface area contributed by atoms with Crippen molar-refractivity contribution >= 4 is 9.12 Å². The predicted molar refractivity (Wildman–Crippen MR) is 225 cm³/mol.